The fraction of sp³-hybridized carbons (Fsp3) is 0.600. The molecule has 0 saturated heterocycles. The highest BCUT2D eigenvalue weighted by Gasteiger charge is 2.13. The maximum Gasteiger partial charge on any atom is 0.0822 e. The number of thiophene rings is 1. The molecule has 1 aliphatic carbocycles. The van der Waals surface area contributed by atoms with E-state index in [0.717, 1.165) is 18.1 Å². The van der Waals surface area contributed by atoms with Crippen LogP contribution in [0.2, 0.25) is 0 Å². The molecule has 2 nitrogen and oxygen atoms in total. The van der Waals surface area contributed by atoms with Gasteiger partial charge in [-0.15, -0.1) is 11.3 Å². The van der Waals surface area contributed by atoms with Crippen molar-refractivity contribution in [3.05, 3.63) is 21.9 Å². The van der Waals surface area contributed by atoms with Crippen LogP contribution in [0.25, 0.3) is 0 Å². The van der Waals surface area contributed by atoms with Crippen molar-refractivity contribution < 1.29 is 4.74 Å². The first kappa shape index (κ1) is 13.6. The molecule has 0 aliphatic heterocycles. The molecule has 2 N–H and O–H groups in total. The summed E-state index contributed by atoms with van der Waals surface area (Å²) in [7, 11) is 0. The summed E-state index contributed by atoms with van der Waals surface area (Å²) in [5, 5.41) is 2.07. The molecule has 1 heterocycles. The van der Waals surface area contributed by atoms with E-state index >= 15 is 0 Å². The van der Waals surface area contributed by atoms with E-state index in [1.807, 2.05) is 6.07 Å². The summed E-state index contributed by atoms with van der Waals surface area (Å²) in [5.74, 6) is 6.77. The Morgan fingerprint density at radius 1 is 1.33 bits per heavy atom. The van der Waals surface area contributed by atoms with Gasteiger partial charge in [0.1, 0.15) is 0 Å². The number of rotatable bonds is 4. The maximum atomic E-state index is 5.85. The molecule has 1 saturated carbocycles. The molecule has 0 spiro atoms. The van der Waals surface area contributed by atoms with Crippen LogP contribution < -0.4 is 5.73 Å². The first-order chi connectivity index (χ1) is 8.90. The van der Waals surface area contributed by atoms with Crippen LogP contribution >= 0.6 is 11.3 Å². The molecule has 3 heteroatoms. The third-order valence-electron chi connectivity index (χ3n) is 3.38. The second-order valence-corrected chi connectivity index (χ2v) is 5.78. The van der Waals surface area contributed by atoms with E-state index in [0.29, 0.717) is 13.2 Å². The molecule has 0 atom stereocenters. The summed E-state index contributed by atoms with van der Waals surface area (Å²) >= 11 is 1.72. The van der Waals surface area contributed by atoms with Gasteiger partial charge in [-0.2, -0.15) is 0 Å². The van der Waals surface area contributed by atoms with Crippen LogP contribution in [0.15, 0.2) is 11.4 Å². The number of nitrogens with two attached hydrogens (primary N) is 1. The minimum Gasteiger partial charge on any atom is -0.376 e. The number of ether oxygens (including phenoxy) is 1. The van der Waals surface area contributed by atoms with Gasteiger partial charge in [0.05, 0.1) is 13.2 Å². The fourth-order valence-electron chi connectivity index (χ4n) is 2.38. The predicted octanol–water partition coefficient (Wildman–Crippen LogP) is 3.16. The van der Waals surface area contributed by atoms with E-state index in [4.69, 9.17) is 10.5 Å². The van der Waals surface area contributed by atoms with Gasteiger partial charge in [0, 0.05) is 17.0 Å². The lowest BCUT2D eigenvalue weighted by Gasteiger charge is -2.21. The summed E-state index contributed by atoms with van der Waals surface area (Å²) in [5.41, 5.74) is 6.47. The number of hydrogen-bond acceptors (Lipinski definition) is 3. The van der Waals surface area contributed by atoms with Crippen LogP contribution in [-0.2, 0) is 11.3 Å². The van der Waals surface area contributed by atoms with Gasteiger partial charge in [-0.1, -0.05) is 31.1 Å². The molecule has 1 fully saturated rings. The van der Waals surface area contributed by atoms with Gasteiger partial charge in [0.15, 0.2) is 0 Å². The Balaban J connectivity index is 1.77. The summed E-state index contributed by atoms with van der Waals surface area (Å²) in [6, 6.07) is 2.05. The SMILES string of the molecule is NCC#Cc1ccsc1COCC1CCCCC1. The third-order valence-corrected chi connectivity index (χ3v) is 4.28. The lowest BCUT2D eigenvalue weighted by Crippen LogP contribution is -2.13. The average Bonchev–Trinajstić information content (AvgIpc) is 2.85. The van der Waals surface area contributed by atoms with E-state index in [1.165, 1.54) is 37.0 Å². The van der Waals surface area contributed by atoms with Crippen molar-refractivity contribution >= 4 is 11.3 Å². The molecular formula is C15H21NOS. The van der Waals surface area contributed by atoms with Gasteiger partial charge in [-0.25, -0.2) is 0 Å². The molecule has 2 rings (SSSR count). The largest absolute Gasteiger partial charge is 0.376 e. The highest BCUT2D eigenvalue weighted by atomic mass is 32.1. The standard InChI is InChI=1S/C15H21NOS/c16-9-4-7-14-8-10-18-15(14)12-17-11-13-5-2-1-3-6-13/h8,10,13H,1-3,5-6,9,11-12,16H2. The first-order valence-corrected chi connectivity index (χ1v) is 7.61. The summed E-state index contributed by atoms with van der Waals surface area (Å²) in [6.07, 6.45) is 6.83. The monoisotopic (exact) mass is 263 g/mol. The molecule has 18 heavy (non-hydrogen) atoms. The molecule has 1 aromatic rings. The summed E-state index contributed by atoms with van der Waals surface area (Å²) < 4.78 is 5.85. The van der Waals surface area contributed by atoms with Crippen LogP contribution in [-0.4, -0.2) is 13.2 Å². The molecule has 0 aromatic carbocycles. The molecule has 98 valence electrons. The van der Waals surface area contributed by atoms with Gasteiger partial charge >= 0.3 is 0 Å². The van der Waals surface area contributed by atoms with E-state index < -0.39 is 0 Å². The van der Waals surface area contributed by atoms with Crippen LogP contribution in [0.4, 0.5) is 0 Å². The Bertz CT molecular complexity index is 410. The Kier molecular flexibility index (Phi) is 5.73. The van der Waals surface area contributed by atoms with Crippen molar-refractivity contribution in [1.29, 1.82) is 0 Å². The van der Waals surface area contributed by atoms with Crippen molar-refractivity contribution in [2.75, 3.05) is 13.2 Å². The van der Waals surface area contributed by atoms with Crippen LogP contribution in [0.1, 0.15) is 42.5 Å². The minimum atomic E-state index is 0.415. The first-order valence-electron chi connectivity index (χ1n) is 6.73. The molecule has 0 unspecified atom stereocenters. The van der Waals surface area contributed by atoms with Crippen LogP contribution in [0.5, 0.6) is 0 Å². The van der Waals surface area contributed by atoms with Crippen molar-refractivity contribution in [2.24, 2.45) is 11.7 Å². The highest BCUT2D eigenvalue weighted by molar-refractivity contribution is 7.10. The van der Waals surface area contributed by atoms with E-state index in [-0.39, 0.29) is 0 Å². The summed E-state index contributed by atoms with van der Waals surface area (Å²) in [6.45, 7) is 2.02. The van der Waals surface area contributed by atoms with Gasteiger partial charge in [-0.05, 0) is 30.2 Å². The second kappa shape index (κ2) is 7.58. The molecular weight excluding hydrogens is 242 g/mol. The molecule has 0 bridgehead atoms. The third kappa shape index (κ3) is 4.13. The van der Waals surface area contributed by atoms with Gasteiger partial charge < -0.3 is 10.5 Å². The normalized spacial score (nSPS) is 16.3. The lowest BCUT2D eigenvalue weighted by molar-refractivity contribution is 0.0754. The Hall–Kier alpha value is -0.820. The van der Waals surface area contributed by atoms with E-state index in [9.17, 15) is 0 Å². The molecule has 0 amide bonds. The van der Waals surface area contributed by atoms with Crippen LogP contribution in [0.3, 0.4) is 0 Å². The highest BCUT2D eigenvalue weighted by Crippen LogP contribution is 2.24. The molecule has 0 radical (unpaired) electrons. The molecule has 1 aromatic heterocycles. The summed E-state index contributed by atoms with van der Waals surface area (Å²) in [4.78, 5) is 1.23. The Labute approximate surface area is 114 Å². The Morgan fingerprint density at radius 3 is 2.94 bits per heavy atom. The van der Waals surface area contributed by atoms with Gasteiger partial charge in [-0.3, -0.25) is 0 Å². The maximum absolute atomic E-state index is 5.85. The number of hydrogen-bond donors (Lipinski definition) is 1. The van der Waals surface area contributed by atoms with Crippen molar-refractivity contribution in [3.63, 3.8) is 0 Å². The Morgan fingerprint density at radius 2 is 2.17 bits per heavy atom. The minimum absolute atomic E-state index is 0.415. The van der Waals surface area contributed by atoms with E-state index in [1.54, 1.807) is 11.3 Å². The predicted molar refractivity (Wildman–Crippen MR) is 76.5 cm³/mol. The average molecular weight is 263 g/mol. The van der Waals surface area contributed by atoms with Crippen molar-refractivity contribution in [3.8, 4) is 11.8 Å². The van der Waals surface area contributed by atoms with Gasteiger partial charge in [0.2, 0.25) is 0 Å². The van der Waals surface area contributed by atoms with Crippen molar-refractivity contribution in [1.82, 2.24) is 0 Å². The zero-order chi connectivity index (χ0) is 12.6. The van der Waals surface area contributed by atoms with E-state index in [2.05, 4.69) is 17.2 Å². The lowest BCUT2D eigenvalue weighted by atomic mass is 9.90. The zero-order valence-corrected chi connectivity index (χ0v) is 11.6. The fourth-order valence-corrected chi connectivity index (χ4v) is 3.15. The van der Waals surface area contributed by atoms with Crippen LogP contribution in [0, 0.1) is 17.8 Å². The van der Waals surface area contributed by atoms with Crippen molar-refractivity contribution in [2.45, 2.75) is 38.7 Å². The topological polar surface area (TPSA) is 35.2 Å². The zero-order valence-electron chi connectivity index (χ0n) is 10.8. The second-order valence-electron chi connectivity index (χ2n) is 4.78. The smallest absolute Gasteiger partial charge is 0.0822 e. The molecule has 1 aliphatic rings. The van der Waals surface area contributed by atoms with Gasteiger partial charge in [0.25, 0.3) is 0 Å². The quantitative estimate of drug-likeness (QED) is 0.847.